The van der Waals surface area contributed by atoms with Gasteiger partial charge in [0.05, 0.1) is 25.2 Å². The Hall–Kier alpha value is -2.77. The van der Waals surface area contributed by atoms with Crippen LogP contribution in [0.5, 0.6) is 0 Å². The number of benzene rings is 2. The molecule has 7 heteroatoms. The van der Waals surface area contributed by atoms with Crippen LogP contribution in [0.15, 0.2) is 48.5 Å². The Kier molecular flexibility index (Phi) is 7.17. The zero-order valence-corrected chi connectivity index (χ0v) is 18.4. The summed E-state index contributed by atoms with van der Waals surface area (Å²) in [6, 6.07) is 14.3. The molecule has 2 aliphatic heterocycles. The van der Waals surface area contributed by atoms with Crippen LogP contribution in [0.1, 0.15) is 30.5 Å². The van der Waals surface area contributed by atoms with E-state index in [0.29, 0.717) is 26.3 Å². The van der Waals surface area contributed by atoms with Gasteiger partial charge in [0.1, 0.15) is 5.82 Å². The Morgan fingerprint density at radius 3 is 2.47 bits per heavy atom. The molecule has 2 amide bonds. The topological polar surface area (TPSA) is 61.9 Å². The molecule has 2 aromatic carbocycles. The number of anilines is 1. The fourth-order valence-corrected chi connectivity index (χ4v) is 4.42. The van der Waals surface area contributed by atoms with E-state index < -0.39 is 0 Å². The molecular weight excluding hydrogens is 409 g/mol. The number of ether oxygens (including phenoxy) is 1. The second-order valence-corrected chi connectivity index (χ2v) is 8.39. The third kappa shape index (κ3) is 5.16. The number of rotatable bonds is 7. The van der Waals surface area contributed by atoms with Crippen LogP contribution in [-0.4, -0.2) is 56.1 Å². The van der Waals surface area contributed by atoms with Gasteiger partial charge in [0.15, 0.2) is 0 Å². The number of hydrogen-bond acceptors (Lipinski definition) is 4. The molecule has 1 N–H and O–H groups in total. The third-order valence-electron chi connectivity index (χ3n) is 6.36. The Labute approximate surface area is 188 Å². The lowest BCUT2D eigenvalue weighted by molar-refractivity contribution is -0.126. The number of nitrogens with one attached hydrogen (secondary N) is 1. The fourth-order valence-electron chi connectivity index (χ4n) is 4.42. The first-order valence-electron chi connectivity index (χ1n) is 11.3. The summed E-state index contributed by atoms with van der Waals surface area (Å²) in [5.41, 5.74) is 3.00. The van der Waals surface area contributed by atoms with Gasteiger partial charge in [-0.1, -0.05) is 31.2 Å². The predicted octanol–water partition coefficient (Wildman–Crippen LogP) is 2.93. The minimum Gasteiger partial charge on any atom is -0.379 e. The molecule has 0 bridgehead atoms. The van der Waals surface area contributed by atoms with E-state index in [2.05, 4.69) is 17.1 Å². The van der Waals surface area contributed by atoms with Crippen LogP contribution in [0.3, 0.4) is 0 Å². The van der Waals surface area contributed by atoms with Crippen LogP contribution in [-0.2, 0) is 20.7 Å². The highest BCUT2D eigenvalue weighted by atomic mass is 19.1. The summed E-state index contributed by atoms with van der Waals surface area (Å²) in [6.45, 7) is 5.65. The van der Waals surface area contributed by atoms with E-state index >= 15 is 0 Å². The summed E-state index contributed by atoms with van der Waals surface area (Å²) in [6.07, 6.45) is 1.15. The molecule has 0 aromatic heterocycles. The summed E-state index contributed by atoms with van der Waals surface area (Å²) in [5.74, 6) is -0.814. The molecule has 2 saturated heterocycles. The molecule has 4 rings (SSSR count). The second-order valence-electron chi connectivity index (χ2n) is 8.39. The number of carbonyl (C=O) groups excluding carboxylic acids is 2. The summed E-state index contributed by atoms with van der Waals surface area (Å²) in [5, 5.41) is 3.05. The lowest BCUT2D eigenvalue weighted by Gasteiger charge is -2.35. The summed E-state index contributed by atoms with van der Waals surface area (Å²) < 4.78 is 18.9. The highest BCUT2D eigenvalue weighted by molar-refractivity contribution is 6.00. The van der Waals surface area contributed by atoms with Gasteiger partial charge >= 0.3 is 0 Å². The van der Waals surface area contributed by atoms with Gasteiger partial charge in [-0.2, -0.15) is 0 Å². The van der Waals surface area contributed by atoms with E-state index in [4.69, 9.17) is 4.74 Å². The molecule has 2 atom stereocenters. The highest BCUT2D eigenvalue weighted by Gasteiger charge is 2.35. The van der Waals surface area contributed by atoms with Crippen LogP contribution >= 0.6 is 0 Å². The van der Waals surface area contributed by atoms with Crippen molar-refractivity contribution in [2.75, 3.05) is 44.3 Å². The third-order valence-corrected chi connectivity index (χ3v) is 6.36. The summed E-state index contributed by atoms with van der Waals surface area (Å²) in [7, 11) is 0. The maximum Gasteiger partial charge on any atom is 0.227 e. The van der Waals surface area contributed by atoms with Crippen molar-refractivity contribution in [3.63, 3.8) is 0 Å². The van der Waals surface area contributed by atoms with Crippen LogP contribution < -0.4 is 10.2 Å². The van der Waals surface area contributed by atoms with Gasteiger partial charge in [0.2, 0.25) is 11.8 Å². The molecular formula is C25H30FN3O3. The molecule has 2 aliphatic rings. The molecule has 2 aromatic rings. The minimum atomic E-state index is -0.382. The van der Waals surface area contributed by atoms with Gasteiger partial charge in [-0.05, 0) is 41.8 Å². The van der Waals surface area contributed by atoms with Crippen molar-refractivity contribution in [3.8, 4) is 0 Å². The Morgan fingerprint density at radius 1 is 1.12 bits per heavy atom. The summed E-state index contributed by atoms with van der Waals surface area (Å²) in [4.78, 5) is 29.5. The van der Waals surface area contributed by atoms with Gasteiger partial charge in [-0.3, -0.25) is 14.5 Å². The number of amides is 2. The van der Waals surface area contributed by atoms with Gasteiger partial charge < -0.3 is 15.0 Å². The lowest BCUT2D eigenvalue weighted by atomic mass is 10.0. The van der Waals surface area contributed by atoms with Crippen molar-refractivity contribution >= 4 is 17.5 Å². The van der Waals surface area contributed by atoms with Gasteiger partial charge in [0.25, 0.3) is 0 Å². The Balaban J connectivity index is 1.40. The molecule has 0 radical (unpaired) electrons. The fraction of sp³-hybridized carbons (Fsp3) is 0.440. The number of aryl methyl sites for hydroxylation is 1. The zero-order chi connectivity index (χ0) is 22.5. The van der Waals surface area contributed by atoms with Crippen LogP contribution in [0.4, 0.5) is 10.1 Å². The number of carbonyl (C=O) groups is 2. The van der Waals surface area contributed by atoms with Gasteiger partial charge in [-0.15, -0.1) is 0 Å². The van der Waals surface area contributed by atoms with Crippen molar-refractivity contribution < 1.29 is 18.7 Å². The highest BCUT2D eigenvalue weighted by Crippen LogP contribution is 2.26. The lowest BCUT2D eigenvalue weighted by Crippen LogP contribution is -2.45. The normalized spacial score (nSPS) is 20.4. The largest absolute Gasteiger partial charge is 0.379 e. The van der Waals surface area contributed by atoms with Crippen molar-refractivity contribution in [1.29, 1.82) is 0 Å². The van der Waals surface area contributed by atoms with Crippen LogP contribution in [0.2, 0.25) is 0 Å². The van der Waals surface area contributed by atoms with Crippen molar-refractivity contribution in [3.05, 3.63) is 65.5 Å². The molecule has 2 heterocycles. The number of morpholine rings is 1. The quantitative estimate of drug-likeness (QED) is 0.721. The average molecular weight is 440 g/mol. The van der Waals surface area contributed by atoms with Crippen molar-refractivity contribution in [1.82, 2.24) is 10.2 Å². The molecule has 2 fully saturated rings. The molecule has 170 valence electrons. The van der Waals surface area contributed by atoms with Crippen LogP contribution in [0.25, 0.3) is 0 Å². The van der Waals surface area contributed by atoms with Gasteiger partial charge in [0, 0.05) is 38.3 Å². The van der Waals surface area contributed by atoms with Crippen molar-refractivity contribution in [2.45, 2.75) is 25.8 Å². The number of halogens is 1. The Morgan fingerprint density at radius 2 is 1.81 bits per heavy atom. The SMILES string of the molecule is CCc1ccc(N2CC(C(=O)NCC(c3ccc(F)cc3)N3CCOCC3)CC2=O)cc1. The predicted molar refractivity (Wildman–Crippen MR) is 121 cm³/mol. The summed E-state index contributed by atoms with van der Waals surface area (Å²) >= 11 is 0. The van der Waals surface area contributed by atoms with E-state index in [1.165, 1.54) is 17.7 Å². The first-order valence-corrected chi connectivity index (χ1v) is 11.3. The maximum absolute atomic E-state index is 13.4. The molecule has 32 heavy (non-hydrogen) atoms. The second kappa shape index (κ2) is 10.2. The standard InChI is InChI=1S/C25H30FN3O3/c1-2-18-3-9-22(10-4-18)29-17-20(15-24(29)30)25(31)27-16-23(28-11-13-32-14-12-28)19-5-7-21(26)8-6-19/h3-10,20,23H,2,11-17H2,1H3,(H,27,31). The minimum absolute atomic E-state index is 0.0299. The first kappa shape index (κ1) is 22.4. The van der Waals surface area contributed by atoms with E-state index in [1.54, 1.807) is 17.0 Å². The molecule has 6 nitrogen and oxygen atoms in total. The average Bonchev–Trinajstić information content (AvgIpc) is 3.22. The molecule has 0 saturated carbocycles. The number of nitrogens with zero attached hydrogens (tertiary/aromatic N) is 2. The van der Waals surface area contributed by atoms with E-state index in [1.807, 2.05) is 24.3 Å². The first-order chi connectivity index (χ1) is 15.5. The maximum atomic E-state index is 13.4. The van der Waals surface area contributed by atoms with E-state index in [0.717, 1.165) is 30.8 Å². The number of hydrogen-bond donors (Lipinski definition) is 1. The molecule has 2 unspecified atom stereocenters. The zero-order valence-electron chi connectivity index (χ0n) is 18.4. The Bertz CT molecular complexity index is 926. The van der Waals surface area contributed by atoms with Gasteiger partial charge in [-0.25, -0.2) is 4.39 Å². The monoisotopic (exact) mass is 439 g/mol. The molecule has 0 spiro atoms. The van der Waals surface area contributed by atoms with E-state index in [9.17, 15) is 14.0 Å². The van der Waals surface area contributed by atoms with E-state index in [-0.39, 0.29) is 36.0 Å². The van der Waals surface area contributed by atoms with Crippen molar-refractivity contribution in [2.24, 2.45) is 5.92 Å². The molecule has 0 aliphatic carbocycles. The van der Waals surface area contributed by atoms with Crippen LogP contribution in [0, 0.1) is 11.7 Å². The smallest absolute Gasteiger partial charge is 0.227 e.